The maximum atomic E-state index is 11.6. The van der Waals surface area contributed by atoms with Crippen LogP contribution in [0.1, 0.15) is 29.4 Å². The maximum absolute atomic E-state index is 11.6. The van der Waals surface area contributed by atoms with Crippen LogP contribution in [0.3, 0.4) is 0 Å². The number of carbonyl (C=O) groups excluding carboxylic acids is 1. The third kappa shape index (κ3) is 7.68. The van der Waals surface area contributed by atoms with Gasteiger partial charge < -0.3 is 16.0 Å². The second-order valence-corrected chi connectivity index (χ2v) is 4.96. The second kappa shape index (κ2) is 12.0. The quantitative estimate of drug-likeness (QED) is 0.279. The standard InChI is InChI=1S/C13H22N4OS.HI/c1-3-7-16-13(14-2)17-9-5-8-15-12(18)11-6-4-10-19-11;/h4,6,10H,3,5,7-9H2,1-2H3,(H,15,18)(H2,14,16,17);1H. The number of carbonyl (C=O) groups is 1. The van der Waals surface area contributed by atoms with Crippen molar-refractivity contribution in [1.29, 1.82) is 0 Å². The van der Waals surface area contributed by atoms with Gasteiger partial charge in [0.05, 0.1) is 4.88 Å². The number of nitrogens with one attached hydrogen (secondary N) is 3. The lowest BCUT2D eigenvalue weighted by atomic mass is 10.4. The lowest BCUT2D eigenvalue weighted by Gasteiger charge is -2.11. The van der Waals surface area contributed by atoms with Gasteiger partial charge in [-0.2, -0.15) is 0 Å². The van der Waals surface area contributed by atoms with Crippen molar-refractivity contribution in [3.63, 3.8) is 0 Å². The van der Waals surface area contributed by atoms with Crippen molar-refractivity contribution >= 4 is 47.2 Å². The summed E-state index contributed by atoms with van der Waals surface area (Å²) in [6, 6.07) is 3.71. The highest BCUT2D eigenvalue weighted by Crippen LogP contribution is 2.07. The first-order valence-electron chi connectivity index (χ1n) is 6.54. The van der Waals surface area contributed by atoms with Crippen molar-refractivity contribution in [3.05, 3.63) is 22.4 Å². The first-order valence-corrected chi connectivity index (χ1v) is 7.42. The summed E-state index contributed by atoms with van der Waals surface area (Å²) in [5, 5.41) is 11.2. The third-order valence-corrected chi connectivity index (χ3v) is 3.31. The molecule has 0 aliphatic carbocycles. The van der Waals surface area contributed by atoms with E-state index in [9.17, 15) is 4.79 Å². The Morgan fingerprint density at radius 1 is 1.25 bits per heavy atom. The van der Waals surface area contributed by atoms with Crippen molar-refractivity contribution in [2.45, 2.75) is 19.8 Å². The molecule has 3 N–H and O–H groups in total. The van der Waals surface area contributed by atoms with E-state index in [4.69, 9.17) is 0 Å². The molecule has 0 unspecified atom stereocenters. The highest BCUT2D eigenvalue weighted by molar-refractivity contribution is 14.0. The molecular formula is C13H23IN4OS. The Morgan fingerprint density at radius 2 is 1.95 bits per heavy atom. The number of thiophene rings is 1. The Kier molecular flexibility index (Phi) is 11.5. The van der Waals surface area contributed by atoms with Gasteiger partial charge in [0, 0.05) is 26.7 Å². The normalized spacial score (nSPS) is 10.6. The number of nitrogens with zero attached hydrogens (tertiary/aromatic N) is 1. The Labute approximate surface area is 141 Å². The van der Waals surface area contributed by atoms with Crippen LogP contribution in [0.2, 0.25) is 0 Å². The van der Waals surface area contributed by atoms with Crippen LogP contribution in [0.4, 0.5) is 0 Å². The predicted molar refractivity (Wildman–Crippen MR) is 96.3 cm³/mol. The minimum atomic E-state index is 0. The van der Waals surface area contributed by atoms with E-state index in [0.29, 0.717) is 6.54 Å². The van der Waals surface area contributed by atoms with E-state index in [1.54, 1.807) is 7.05 Å². The molecule has 1 aromatic rings. The Hall–Kier alpha value is -0.830. The molecule has 0 saturated carbocycles. The van der Waals surface area contributed by atoms with E-state index in [0.717, 1.165) is 36.8 Å². The fraction of sp³-hybridized carbons (Fsp3) is 0.538. The molecule has 0 aliphatic rings. The molecule has 0 fully saturated rings. The van der Waals surface area contributed by atoms with Gasteiger partial charge in [0.2, 0.25) is 0 Å². The predicted octanol–water partition coefficient (Wildman–Crippen LogP) is 2.06. The van der Waals surface area contributed by atoms with Crippen molar-refractivity contribution < 1.29 is 4.79 Å². The lowest BCUT2D eigenvalue weighted by Crippen LogP contribution is -2.39. The average Bonchev–Trinajstić information content (AvgIpc) is 2.95. The van der Waals surface area contributed by atoms with E-state index < -0.39 is 0 Å². The van der Waals surface area contributed by atoms with E-state index in [1.165, 1.54) is 11.3 Å². The summed E-state index contributed by atoms with van der Waals surface area (Å²) < 4.78 is 0. The molecule has 1 aromatic heterocycles. The number of hydrogen-bond acceptors (Lipinski definition) is 3. The molecule has 0 bridgehead atoms. The second-order valence-electron chi connectivity index (χ2n) is 4.01. The molecule has 1 heterocycles. The van der Waals surface area contributed by atoms with Gasteiger partial charge in [-0.15, -0.1) is 35.3 Å². The Balaban J connectivity index is 0.00000361. The van der Waals surface area contributed by atoms with Crippen LogP contribution < -0.4 is 16.0 Å². The van der Waals surface area contributed by atoms with Gasteiger partial charge in [0.15, 0.2) is 5.96 Å². The Morgan fingerprint density at radius 3 is 2.55 bits per heavy atom. The van der Waals surface area contributed by atoms with Gasteiger partial charge >= 0.3 is 0 Å². The summed E-state index contributed by atoms with van der Waals surface area (Å²) >= 11 is 1.46. The first kappa shape index (κ1) is 19.2. The van der Waals surface area contributed by atoms with E-state index in [1.807, 2.05) is 17.5 Å². The molecule has 0 atom stereocenters. The van der Waals surface area contributed by atoms with Gasteiger partial charge in [-0.1, -0.05) is 13.0 Å². The molecule has 0 spiro atoms. The summed E-state index contributed by atoms with van der Waals surface area (Å²) in [5.41, 5.74) is 0. The molecule has 0 aromatic carbocycles. The molecule has 5 nitrogen and oxygen atoms in total. The van der Waals surface area contributed by atoms with Crippen LogP contribution in [0.15, 0.2) is 22.5 Å². The van der Waals surface area contributed by atoms with E-state index >= 15 is 0 Å². The molecule has 0 aliphatic heterocycles. The summed E-state index contributed by atoms with van der Waals surface area (Å²) in [4.78, 5) is 16.5. The molecule has 0 saturated heterocycles. The average molecular weight is 410 g/mol. The summed E-state index contributed by atoms with van der Waals surface area (Å²) in [6.45, 7) is 4.47. The largest absolute Gasteiger partial charge is 0.356 e. The van der Waals surface area contributed by atoms with Crippen LogP contribution in [-0.4, -0.2) is 38.5 Å². The molecule has 0 radical (unpaired) electrons. The SMILES string of the molecule is CCCNC(=NC)NCCCNC(=O)c1cccs1.I. The lowest BCUT2D eigenvalue weighted by molar-refractivity contribution is 0.0957. The van der Waals surface area contributed by atoms with Gasteiger partial charge in [0.25, 0.3) is 5.91 Å². The van der Waals surface area contributed by atoms with Crippen LogP contribution in [0, 0.1) is 0 Å². The number of halogens is 1. The van der Waals surface area contributed by atoms with Crippen molar-refractivity contribution in [2.24, 2.45) is 4.99 Å². The molecular weight excluding hydrogens is 387 g/mol. The minimum Gasteiger partial charge on any atom is -0.356 e. The summed E-state index contributed by atoms with van der Waals surface area (Å²) in [5.74, 6) is 0.815. The number of hydrogen-bond donors (Lipinski definition) is 3. The summed E-state index contributed by atoms with van der Waals surface area (Å²) in [7, 11) is 1.75. The zero-order valence-electron chi connectivity index (χ0n) is 11.9. The van der Waals surface area contributed by atoms with Gasteiger partial charge in [-0.3, -0.25) is 9.79 Å². The Bertz CT molecular complexity index is 395. The number of rotatable bonds is 7. The van der Waals surface area contributed by atoms with Crippen LogP contribution >= 0.6 is 35.3 Å². The van der Waals surface area contributed by atoms with Crippen LogP contribution in [0.25, 0.3) is 0 Å². The molecule has 114 valence electrons. The van der Waals surface area contributed by atoms with E-state index in [2.05, 4.69) is 27.9 Å². The number of guanidine groups is 1. The van der Waals surface area contributed by atoms with Gasteiger partial charge in [-0.05, 0) is 24.3 Å². The zero-order chi connectivity index (χ0) is 13.9. The number of aliphatic imine (C=N–C) groups is 1. The molecule has 1 rings (SSSR count). The molecule has 7 heteroatoms. The third-order valence-electron chi connectivity index (χ3n) is 2.44. The first-order chi connectivity index (χ1) is 9.27. The molecule has 1 amide bonds. The van der Waals surface area contributed by atoms with Crippen LogP contribution in [-0.2, 0) is 0 Å². The van der Waals surface area contributed by atoms with Gasteiger partial charge in [-0.25, -0.2) is 0 Å². The van der Waals surface area contributed by atoms with Crippen molar-refractivity contribution in [3.8, 4) is 0 Å². The fourth-order valence-electron chi connectivity index (χ4n) is 1.46. The van der Waals surface area contributed by atoms with E-state index in [-0.39, 0.29) is 29.9 Å². The highest BCUT2D eigenvalue weighted by Gasteiger charge is 2.04. The number of amides is 1. The summed E-state index contributed by atoms with van der Waals surface area (Å²) in [6.07, 6.45) is 1.93. The highest BCUT2D eigenvalue weighted by atomic mass is 127. The monoisotopic (exact) mass is 410 g/mol. The smallest absolute Gasteiger partial charge is 0.261 e. The zero-order valence-corrected chi connectivity index (χ0v) is 15.1. The molecule has 20 heavy (non-hydrogen) atoms. The van der Waals surface area contributed by atoms with Gasteiger partial charge in [0.1, 0.15) is 0 Å². The van der Waals surface area contributed by atoms with Crippen molar-refractivity contribution in [1.82, 2.24) is 16.0 Å². The topological polar surface area (TPSA) is 65.5 Å². The maximum Gasteiger partial charge on any atom is 0.261 e. The fourth-order valence-corrected chi connectivity index (χ4v) is 2.10. The minimum absolute atomic E-state index is 0. The van der Waals surface area contributed by atoms with Crippen molar-refractivity contribution in [2.75, 3.05) is 26.7 Å². The van der Waals surface area contributed by atoms with Crippen LogP contribution in [0.5, 0.6) is 0 Å².